The number of nitrogens with one attached hydrogen (secondary N) is 1. The van der Waals surface area contributed by atoms with E-state index < -0.39 is 0 Å². The quantitative estimate of drug-likeness (QED) is 0.905. The molecule has 0 saturated carbocycles. The number of ether oxygens (including phenoxy) is 1. The van der Waals surface area contributed by atoms with Gasteiger partial charge in [0.05, 0.1) is 6.54 Å². The number of rotatable bonds is 5. The molecule has 2 aliphatic rings. The molecule has 5 heteroatoms. The summed E-state index contributed by atoms with van der Waals surface area (Å²) in [6, 6.07) is 4.08. The normalized spacial score (nSPS) is 23.8. The summed E-state index contributed by atoms with van der Waals surface area (Å²) >= 11 is 0. The summed E-state index contributed by atoms with van der Waals surface area (Å²) in [7, 11) is 0. The molecule has 3 heterocycles. The zero-order valence-electron chi connectivity index (χ0n) is 14.1. The zero-order chi connectivity index (χ0) is 16.1. The van der Waals surface area contributed by atoms with Crippen LogP contribution in [-0.4, -0.2) is 43.2 Å². The van der Waals surface area contributed by atoms with Crippen LogP contribution in [0.2, 0.25) is 0 Å². The maximum atomic E-state index is 12.1. The minimum absolute atomic E-state index is 0.0817. The molecule has 128 valence electrons. The Morgan fingerprint density at radius 2 is 2.09 bits per heavy atom. The van der Waals surface area contributed by atoms with E-state index in [1.165, 1.54) is 0 Å². The SMILES string of the molecule is Cc1ccc(CN2CCC(CNC(=O)C3CCCCO3)CC2)o1. The third-order valence-electron chi connectivity index (χ3n) is 4.92. The number of hydrogen-bond acceptors (Lipinski definition) is 4. The molecule has 1 N–H and O–H groups in total. The molecule has 0 spiro atoms. The molecule has 2 fully saturated rings. The highest BCUT2D eigenvalue weighted by molar-refractivity contribution is 5.80. The van der Waals surface area contributed by atoms with Gasteiger partial charge in [-0.15, -0.1) is 0 Å². The monoisotopic (exact) mass is 320 g/mol. The number of carbonyl (C=O) groups is 1. The average molecular weight is 320 g/mol. The van der Waals surface area contributed by atoms with Crippen molar-refractivity contribution in [3.8, 4) is 0 Å². The van der Waals surface area contributed by atoms with Gasteiger partial charge in [-0.3, -0.25) is 9.69 Å². The summed E-state index contributed by atoms with van der Waals surface area (Å²) in [5.41, 5.74) is 0. The Balaban J connectivity index is 1.35. The molecule has 23 heavy (non-hydrogen) atoms. The van der Waals surface area contributed by atoms with E-state index in [0.29, 0.717) is 5.92 Å². The van der Waals surface area contributed by atoms with Crippen molar-refractivity contribution in [1.82, 2.24) is 10.2 Å². The van der Waals surface area contributed by atoms with Gasteiger partial charge in [-0.05, 0) is 70.2 Å². The highest BCUT2D eigenvalue weighted by atomic mass is 16.5. The molecule has 1 aromatic heterocycles. The third kappa shape index (κ3) is 4.82. The average Bonchev–Trinajstić information content (AvgIpc) is 2.99. The highest BCUT2D eigenvalue weighted by Crippen LogP contribution is 2.20. The fourth-order valence-electron chi connectivity index (χ4n) is 3.45. The van der Waals surface area contributed by atoms with E-state index in [1.54, 1.807) is 0 Å². The summed E-state index contributed by atoms with van der Waals surface area (Å²) in [6.07, 6.45) is 5.09. The first-order chi connectivity index (χ1) is 11.2. The summed E-state index contributed by atoms with van der Waals surface area (Å²) in [5, 5.41) is 3.09. The molecule has 0 aliphatic carbocycles. The molecular formula is C18H28N2O3. The van der Waals surface area contributed by atoms with Gasteiger partial charge in [-0.2, -0.15) is 0 Å². The van der Waals surface area contributed by atoms with Crippen LogP contribution in [0, 0.1) is 12.8 Å². The van der Waals surface area contributed by atoms with E-state index in [9.17, 15) is 4.79 Å². The molecule has 0 aromatic carbocycles. The van der Waals surface area contributed by atoms with Gasteiger partial charge in [0.25, 0.3) is 0 Å². The lowest BCUT2D eigenvalue weighted by Gasteiger charge is -2.31. The Morgan fingerprint density at radius 3 is 2.74 bits per heavy atom. The van der Waals surface area contributed by atoms with Gasteiger partial charge in [0.1, 0.15) is 17.6 Å². The lowest BCUT2D eigenvalue weighted by molar-refractivity contribution is -0.135. The van der Waals surface area contributed by atoms with E-state index in [-0.39, 0.29) is 12.0 Å². The first kappa shape index (κ1) is 16.5. The smallest absolute Gasteiger partial charge is 0.249 e. The Labute approximate surface area is 138 Å². The van der Waals surface area contributed by atoms with E-state index in [2.05, 4.69) is 16.3 Å². The first-order valence-corrected chi connectivity index (χ1v) is 8.87. The first-order valence-electron chi connectivity index (χ1n) is 8.87. The van der Waals surface area contributed by atoms with Gasteiger partial charge in [-0.25, -0.2) is 0 Å². The van der Waals surface area contributed by atoms with Gasteiger partial charge >= 0.3 is 0 Å². The number of hydrogen-bond donors (Lipinski definition) is 1. The van der Waals surface area contributed by atoms with Crippen molar-refractivity contribution < 1.29 is 13.9 Å². The van der Waals surface area contributed by atoms with Crippen molar-refractivity contribution in [2.75, 3.05) is 26.2 Å². The topological polar surface area (TPSA) is 54.7 Å². The number of amides is 1. The van der Waals surface area contributed by atoms with Crippen molar-refractivity contribution in [3.63, 3.8) is 0 Å². The lowest BCUT2D eigenvalue weighted by Crippen LogP contribution is -2.42. The highest BCUT2D eigenvalue weighted by Gasteiger charge is 2.24. The molecular weight excluding hydrogens is 292 g/mol. The van der Waals surface area contributed by atoms with Crippen LogP contribution in [0.5, 0.6) is 0 Å². The molecule has 3 rings (SSSR count). The minimum Gasteiger partial charge on any atom is -0.465 e. The number of aryl methyl sites for hydroxylation is 1. The van der Waals surface area contributed by atoms with Crippen LogP contribution in [0.4, 0.5) is 0 Å². The Bertz CT molecular complexity index is 500. The van der Waals surface area contributed by atoms with Gasteiger partial charge < -0.3 is 14.5 Å². The maximum absolute atomic E-state index is 12.1. The summed E-state index contributed by atoms with van der Waals surface area (Å²) < 4.78 is 11.2. The van der Waals surface area contributed by atoms with Crippen molar-refractivity contribution in [2.24, 2.45) is 5.92 Å². The number of nitrogens with zero attached hydrogens (tertiary/aromatic N) is 1. The number of carbonyl (C=O) groups excluding carboxylic acids is 1. The second-order valence-corrected chi connectivity index (χ2v) is 6.83. The van der Waals surface area contributed by atoms with Crippen LogP contribution in [0.3, 0.4) is 0 Å². The maximum Gasteiger partial charge on any atom is 0.249 e. The Kier molecular flexibility index (Phi) is 5.73. The van der Waals surface area contributed by atoms with Gasteiger partial charge in [0.15, 0.2) is 0 Å². The van der Waals surface area contributed by atoms with Crippen LogP contribution in [-0.2, 0) is 16.1 Å². The molecule has 1 aromatic rings. The van der Waals surface area contributed by atoms with Gasteiger partial charge in [-0.1, -0.05) is 0 Å². The molecule has 1 atom stereocenters. The van der Waals surface area contributed by atoms with Crippen molar-refractivity contribution in [1.29, 1.82) is 0 Å². The van der Waals surface area contributed by atoms with Crippen LogP contribution < -0.4 is 5.32 Å². The Morgan fingerprint density at radius 1 is 1.26 bits per heavy atom. The second-order valence-electron chi connectivity index (χ2n) is 6.83. The zero-order valence-corrected chi connectivity index (χ0v) is 14.1. The molecule has 1 amide bonds. The second kappa shape index (κ2) is 7.97. The van der Waals surface area contributed by atoms with Crippen molar-refractivity contribution in [2.45, 2.75) is 51.7 Å². The summed E-state index contributed by atoms with van der Waals surface area (Å²) in [6.45, 7) is 6.52. The van der Waals surface area contributed by atoms with E-state index >= 15 is 0 Å². The molecule has 5 nitrogen and oxygen atoms in total. The largest absolute Gasteiger partial charge is 0.465 e. The van der Waals surface area contributed by atoms with Crippen LogP contribution in [0.1, 0.15) is 43.6 Å². The van der Waals surface area contributed by atoms with E-state index in [0.717, 1.165) is 76.4 Å². The van der Waals surface area contributed by atoms with E-state index in [1.807, 2.05) is 13.0 Å². The minimum atomic E-state index is -0.217. The van der Waals surface area contributed by atoms with Gasteiger partial charge in [0, 0.05) is 13.2 Å². The predicted molar refractivity (Wildman–Crippen MR) is 88.0 cm³/mol. The number of piperidine rings is 1. The van der Waals surface area contributed by atoms with Crippen molar-refractivity contribution >= 4 is 5.91 Å². The molecule has 1 unspecified atom stereocenters. The fraction of sp³-hybridized carbons (Fsp3) is 0.722. The standard InChI is InChI=1S/C18H28N2O3/c1-14-5-6-16(23-14)13-20-9-7-15(8-10-20)12-19-18(21)17-4-2-3-11-22-17/h5-6,15,17H,2-4,7-13H2,1H3,(H,19,21). The fourth-order valence-corrected chi connectivity index (χ4v) is 3.45. The molecule has 0 bridgehead atoms. The third-order valence-corrected chi connectivity index (χ3v) is 4.92. The lowest BCUT2D eigenvalue weighted by atomic mass is 9.96. The summed E-state index contributed by atoms with van der Waals surface area (Å²) in [4.78, 5) is 14.5. The molecule has 0 radical (unpaired) electrons. The number of likely N-dealkylation sites (tertiary alicyclic amines) is 1. The van der Waals surface area contributed by atoms with Crippen LogP contribution >= 0.6 is 0 Å². The Hall–Kier alpha value is -1.33. The van der Waals surface area contributed by atoms with Crippen molar-refractivity contribution in [3.05, 3.63) is 23.7 Å². The summed E-state index contributed by atoms with van der Waals surface area (Å²) in [5.74, 6) is 2.68. The number of furan rings is 1. The van der Waals surface area contributed by atoms with E-state index in [4.69, 9.17) is 9.15 Å². The molecule has 2 aliphatic heterocycles. The van der Waals surface area contributed by atoms with Crippen LogP contribution in [0.15, 0.2) is 16.5 Å². The predicted octanol–water partition coefficient (Wildman–Crippen LogP) is 2.49. The van der Waals surface area contributed by atoms with Crippen LogP contribution in [0.25, 0.3) is 0 Å². The molecule has 2 saturated heterocycles. The van der Waals surface area contributed by atoms with Gasteiger partial charge in [0.2, 0.25) is 5.91 Å².